The molecule has 3 rings (SSSR count). The van der Waals surface area contributed by atoms with E-state index in [2.05, 4.69) is 17.2 Å². The molecule has 1 aliphatic rings. The van der Waals surface area contributed by atoms with Crippen molar-refractivity contribution in [1.29, 1.82) is 0 Å². The predicted molar refractivity (Wildman–Crippen MR) is 97.8 cm³/mol. The van der Waals surface area contributed by atoms with Crippen molar-refractivity contribution >= 4 is 23.0 Å². The van der Waals surface area contributed by atoms with E-state index in [0.29, 0.717) is 18.3 Å². The Labute approximate surface area is 146 Å². The number of hydrogen-bond donors (Lipinski definition) is 2. The van der Waals surface area contributed by atoms with E-state index in [0.717, 1.165) is 28.5 Å². The maximum atomic E-state index is 5.50. The molecule has 0 unspecified atom stereocenters. The molecule has 2 aromatic carbocycles. The molecule has 0 saturated heterocycles. The van der Waals surface area contributed by atoms with E-state index >= 15 is 0 Å². The van der Waals surface area contributed by atoms with Crippen molar-refractivity contribution in [1.82, 2.24) is 5.32 Å². The van der Waals surface area contributed by atoms with Crippen LogP contribution in [0, 0.1) is 0 Å². The van der Waals surface area contributed by atoms with Crippen LogP contribution in [0.2, 0.25) is 0 Å². The highest BCUT2D eigenvalue weighted by molar-refractivity contribution is 7.80. The molecule has 0 aromatic heterocycles. The Balaban J connectivity index is 1.53. The van der Waals surface area contributed by atoms with Crippen molar-refractivity contribution in [3.63, 3.8) is 0 Å². The quantitative estimate of drug-likeness (QED) is 0.619. The molecule has 2 N–H and O–H groups in total. The Morgan fingerprint density at radius 3 is 2.96 bits per heavy atom. The fourth-order valence-corrected chi connectivity index (χ4v) is 2.42. The molecule has 0 aliphatic carbocycles. The van der Waals surface area contributed by atoms with E-state index in [-0.39, 0.29) is 6.79 Å². The average molecular weight is 342 g/mol. The number of fused-ring (bicyclic) bond motifs is 1. The SMILES string of the molecule is C=CCOc1cccc(NC(=S)NCc2ccc3c(c2)OCO3)c1. The lowest BCUT2D eigenvalue weighted by Crippen LogP contribution is -2.27. The van der Waals surface area contributed by atoms with Gasteiger partial charge < -0.3 is 24.8 Å². The molecule has 0 amide bonds. The van der Waals surface area contributed by atoms with Crippen LogP contribution in [0.3, 0.4) is 0 Å². The van der Waals surface area contributed by atoms with Gasteiger partial charge in [0.2, 0.25) is 6.79 Å². The molecule has 124 valence electrons. The lowest BCUT2D eigenvalue weighted by atomic mass is 10.2. The summed E-state index contributed by atoms with van der Waals surface area (Å²) in [6.07, 6.45) is 1.71. The van der Waals surface area contributed by atoms with Gasteiger partial charge in [-0.1, -0.05) is 24.8 Å². The summed E-state index contributed by atoms with van der Waals surface area (Å²) < 4.78 is 16.2. The second-order valence-electron chi connectivity index (χ2n) is 5.12. The lowest BCUT2D eigenvalue weighted by Gasteiger charge is -2.12. The molecule has 1 heterocycles. The number of benzene rings is 2. The summed E-state index contributed by atoms with van der Waals surface area (Å²) in [6.45, 7) is 4.97. The van der Waals surface area contributed by atoms with Gasteiger partial charge in [-0.25, -0.2) is 0 Å². The molecule has 6 heteroatoms. The van der Waals surface area contributed by atoms with Crippen LogP contribution < -0.4 is 24.8 Å². The van der Waals surface area contributed by atoms with E-state index in [1.54, 1.807) is 6.08 Å². The van der Waals surface area contributed by atoms with Crippen LogP contribution in [0.4, 0.5) is 5.69 Å². The van der Waals surface area contributed by atoms with E-state index < -0.39 is 0 Å². The fraction of sp³-hybridized carbons (Fsp3) is 0.167. The standard InChI is InChI=1S/C18H18N2O3S/c1-2-8-21-15-5-3-4-14(10-15)20-18(24)19-11-13-6-7-16-17(9-13)23-12-22-16/h2-7,9-10H,1,8,11-12H2,(H2,19,20,24). The zero-order valence-corrected chi connectivity index (χ0v) is 13.9. The Morgan fingerprint density at radius 1 is 1.21 bits per heavy atom. The molecule has 2 aromatic rings. The highest BCUT2D eigenvalue weighted by Gasteiger charge is 2.13. The van der Waals surface area contributed by atoms with Gasteiger partial charge in [-0.3, -0.25) is 0 Å². The van der Waals surface area contributed by atoms with Crippen molar-refractivity contribution in [3.05, 3.63) is 60.7 Å². The molecule has 0 saturated carbocycles. The van der Waals surface area contributed by atoms with Crippen molar-refractivity contribution in [2.75, 3.05) is 18.7 Å². The van der Waals surface area contributed by atoms with E-state index in [9.17, 15) is 0 Å². The highest BCUT2D eigenvalue weighted by Crippen LogP contribution is 2.32. The number of hydrogen-bond acceptors (Lipinski definition) is 4. The van der Waals surface area contributed by atoms with Crippen LogP contribution in [0.25, 0.3) is 0 Å². The van der Waals surface area contributed by atoms with Gasteiger partial charge in [0.1, 0.15) is 12.4 Å². The summed E-state index contributed by atoms with van der Waals surface area (Å²) in [4.78, 5) is 0. The number of thiocarbonyl (C=S) groups is 1. The Hall–Kier alpha value is -2.73. The smallest absolute Gasteiger partial charge is 0.231 e. The van der Waals surface area contributed by atoms with Gasteiger partial charge >= 0.3 is 0 Å². The van der Waals surface area contributed by atoms with Crippen molar-refractivity contribution in [2.45, 2.75) is 6.54 Å². The second kappa shape index (κ2) is 7.70. The third-order valence-electron chi connectivity index (χ3n) is 3.35. The monoisotopic (exact) mass is 342 g/mol. The number of nitrogens with one attached hydrogen (secondary N) is 2. The minimum Gasteiger partial charge on any atom is -0.489 e. The normalized spacial score (nSPS) is 11.7. The van der Waals surface area contributed by atoms with Crippen LogP contribution in [0.1, 0.15) is 5.56 Å². The molecule has 0 bridgehead atoms. The summed E-state index contributed by atoms with van der Waals surface area (Å²) in [7, 11) is 0. The van der Waals surface area contributed by atoms with Gasteiger partial charge in [0, 0.05) is 18.3 Å². The molecular weight excluding hydrogens is 324 g/mol. The third-order valence-corrected chi connectivity index (χ3v) is 3.60. The van der Waals surface area contributed by atoms with Crippen LogP contribution in [-0.4, -0.2) is 18.5 Å². The van der Waals surface area contributed by atoms with Gasteiger partial charge in [-0.2, -0.15) is 0 Å². The third kappa shape index (κ3) is 4.17. The van der Waals surface area contributed by atoms with E-state index in [1.807, 2.05) is 42.5 Å². The highest BCUT2D eigenvalue weighted by atomic mass is 32.1. The van der Waals surface area contributed by atoms with Crippen LogP contribution in [0.5, 0.6) is 17.2 Å². The van der Waals surface area contributed by atoms with E-state index in [1.165, 1.54) is 0 Å². The summed E-state index contributed by atoms with van der Waals surface area (Å²) >= 11 is 5.33. The average Bonchev–Trinajstić information content (AvgIpc) is 3.06. The number of rotatable bonds is 6. The van der Waals surface area contributed by atoms with Gasteiger partial charge in [-0.05, 0) is 42.0 Å². The molecule has 0 fully saturated rings. The first kappa shape index (κ1) is 16.1. The zero-order chi connectivity index (χ0) is 16.8. The van der Waals surface area contributed by atoms with Gasteiger partial charge in [0.25, 0.3) is 0 Å². The summed E-state index contributed by atoms with van der Waals surface area (Å²) in [5.74, 6) is 2.30. The molecule has 24 heavy (non-hydrogen) atoms. The van der Waals surface area contributed by atoms with Crippen LogP contribution in [0.15, 0.2) is 55.1 Å². The van der Waals surface area contributed by atoms with Gasteiger partial charge in [0.15, 0.2) is 16.6 Å². The maximum Gasteiger partial charge on any atom is 0.231 e. The molecular formula is C18H18N2O3S. The van der Waals surface area contributed by atoms with Crippen molar-refractivity contribution in [3.8, 4) is 17.2 Å². The first-order valence-corrected chi connectivity index (χ1v) is 7.92. The minimum absolute atomic E-state index is 0.274. The minimum atomic E-state index is 0.274. The Bertz CT molecular complexity index is 749. The summed E-state index contributed by atoms with van der Waals surface area (Å²) in [5, 5.41) is 6.84. The van der Waals surface area contributed by atoms with Crippen molar-refractivity contribution in [2.24, 2.45) is 0 Å². The van der Waals surface area contributed by atoms with Crippen LogP contribution in [-0.2, 0) is 6.54 Å². The first-order chi connectivity index (χ1) is 11.7. The molecule has 0 radical (unpaired) electrons. The van der Waals surface area contributed by atoms with Crippen molar-refractivity contribution < 1.29 is 14.2 Å². The zero-order valence-electron chi connectivity index (χ0n) is 13.1. The summed E-state index contributed by atoms with van der Waals surface area (Å²) in [5.41, 5.74) is 1.92. The molecule has 0 spiro atoms. The molecule has 5 nitrogen and oxygen atoms in total. The fourth-order valence-electron chi connectivity index (χ4n) is 2.23. The Kier molecular flexibility index (Phi) is 5.18. The second-order valence-corrected chi connectivity index (χ2v) is 5.53. The number of anilines is 1. The molecule has 1 aliphatic heterocycles. The number of ether oxygens (including phenoxy) is 3. The molecule has 0 atom stereocenters. The van der Waals surface area contributed by atoms with Gasteiger partial charge in [0.05, 0.1) is 0 Å². The maximum absolute atomic E-state index is 5.50. The van der Waals surface area contributed by atoms with E-state index in [4.69, 9.17) is 26.4 Å². The van der Waals surface area contributed by atoms with Gasteiger partial charge in [-0.15, -0.1) is 0 Å². The van der Waals surface area contributed by atoms with Crippen LogP contribution >= 0.6 is 12.2 Å². The summed E-state index contributed by atoms with van der Waals surface area (Å²) in [6, 6.07) is 13.4. The topological polar surface area (TPSA) is 51.8 Å². The largest absolute Gasteiger partial charge is 0.489 e. The first-order valence-electron chi connectivity index (χ1n) is 7.52. The lowest BCUT2D eigenvalue weighted by molar-refractivity contribution is 0.174. The predicted octanol–water partition coefficient (Wildman–Crippen LogP) is 3.47. The Morgan fingerprint density at radius 2 is 2.08 bits per heavy atom.